The van der Waals surface area contributed by atoms with Crippen molar-refractivity contribution in [3.05, 3.63) is 23.2 Å². The molecule has 0 saturated carbocycles. The molecule has 1 aliphatic rings. The molecule has 0 spiro atoms. The maximum atomic E-state index is 6.29. The minimum atomic E-state index is -0.296. The zero-order valence-corrected chi connectivity index (χ0v) is 20.1. The first kappa shape index (κ1) is 23.7. The van der Waals surface area contributed by atoms with Gasteiger partial charge in [-0.05, 0) is 53.0 Å². The summed E-state index contributed by atoms with van der Waals surface area (Å²) in [7, 11) is 0. The highest BCUT2D eigenvalue weighted by atomic mass is 35.5. The van der Waals surface area contributed by atoms with E-state index in [1.165, 1.54) is 16.7 Å². The van der Waals surface area contributed by atoms with Crippen LogP contribution in [0.4, 0.5) is 5.82 Å². The van der Waals surface area contributed by atoms with Gasteiger partial charge in [0.1, 0.15) is 12.1 Å². The van der Waals surface area contributed by atoms with E-state index in [0.717, 1.165) is 62.8 Å². The molecule has 0 amide bonds. The van der Waals surface area contributed by atoms with Gasteiger partial charge >= 0.3 is 0 Å². The van der Waals surface area contributed by atoms with Crippen LogP contribution in [-0.2, 0) is 0 Å². The van der Waals surface area contributed by atoms with Gasteiger partial charge in [-0.1, -0.05) is 25.8 Å². The van der Waals surface area contributed by atoms with Crippen molar-refractivity contribution < 1.29 is 0 Å². The van der Waals surface area contributed by atoms with Crippen molar-refractivity contribution in [2.75, 3.05) is 37.6 Å². The molecular weight excluding hydrogens is 382 g/mol. The molecule has 2 rings (SSSR count). The van der Waals surface area contributed by atoms with Gasteiger partial charge in [-0.15, -0.1) is 11.6 Å². The van der Waals surface area contributed by atoms with Gasteiger partial charge in [0.2, 0.25) is 0 Å². The van der Waals surface area contributed by atoms with E-state index in [2.05, 4.69) is 49.4 Å². The van der Waals surface area contributed by atoms with Crippen molar-refractivity contribution in [1.82, 2.24) is 14.9 Å². The molecule has 1 aromatic heterocycles. The van der Waals surface area contributed by atoms with Gasteiger partial charge in [0, 0.05) is 31.7 Å². The maximum absolute atomic E-state index is 6.29. The minimum Gasteiger partial charge on any atom is -0.357 e. The topological polar surface area (TPSA) is 44.6 Å². The van der Waals surface area contributed by atoms with Crippen LogP contribution in [0.2, 0.25) is 0 Å². The lowest BCUT2D eigenvalue weighted by Gasteiger charge is -2.37. The Bertz CT molecular complexity index is 740. The second kappa shape index (κ2) is 10.4. The summed E-state index contributed by atoms with van der Waals surface area (Å²) in [6.45, 7) is 19.3. The summed E-state index contributed by atoms with van der Waals surface area (Å²) in [5.41, 5.74) is 5.19. The zero-order valence-electron chi connectivity index (χ0n) is 19.3. The largest absolute Gasteiger partial charge is 0.357 e. The molecule has 0 aromatic carbocycles. The molecule has 0 unspecified atom stereocenters. The Kier molecular flexibility index (Phi) is 8.50. The number of hydrogen-bond donors (Lipinski definition) is 0. The van der Waals surface area contributed by atoms with Crippen LogP contribution in [-0.4, -0.2) is 58.3 Å². The van der Waals surface area contributed by atoms with Crippen LogP contribution in [0, 0.1) is 6.92 Å². The third-order valence-electron chi connectivity index (χ3n) is 5.58. The first-order valence-electron chi connectivity index (χ1n) is 10.9. The first-order chi connectivity index (χ1) is 13.7. The number of hydrogen-bond acceptors (Lipinski definition) is 4. The lowest BCUT2D eigenvalue weighted by molar-refractivity contribution is 0.380. The molecule has 2 heterocycles. The SMILES string of the molecule is CCC/C(=C(/C)CC)c1c(C)ncnc1N1CCN(C(C)=NCC(C)(C)Cl)CC1. The highest BCUT2D eigenvalue weighted by molar-refractivity contribution is 6.23. The fraction of sp³-hybridized carbons (Fsp3) is 0.696. The van der Waals surface area contributed by atoms with E-state index in [4.69, 9.17) is 21.6 Å². The number of allylic oxidation sites excluding steroid dienone is 2. The normalized spacial score (nSPS) is 16.9. The summed E-state index contributed by atoms with van der Waals surface area (Å²) in [6.07, 6.45) is 4.96. The number of piperazine rings is 1. The Hall–Kier alpha value is -1.62. The Labute approximate surface area is 182 Å². The summed E-state index contributed by atoms with van der Waals surface area (Å²) in [6, 6.07) is 0. The Balaban J connectivity index is 2.23. The second-order valence-corrected chi connectivity index (χ2v) is 9.60. The highest BCUT2D eigenvalue weighted by Crippen LogP contribution is 2.34. The Morgan fingerprint density at radius 1 is 1.14 bits per heavy atom. The fourth-order valence-electron chi connectivity index (χ4n) is 3.71. The molecule has 29 heavy (non-hydrogen) atoms. The zero-order chi connectivity index (χ0) is 21.6. The van der Waals surface area contributed by atoms with Gasteiger partial charge in [0.25, 0.3) is 0 Å². The molecule has 1 aromatic rings. The number of aryl methyl sites for hydroxylation is 1. The molecule has 1 aliphatic heterocycles. The summed E-state index contributed by atoms with van der Waals surface area (Å²) < 4.78 is 0. The lowest BCUT2D eigenvalue weighted by Crippen LogP contribution is -2.49. The number of amidine groups is 1. The highest BCUT2D eigenvalue weighted by Gasteiger charge is 2.24. The molecule has 0 N–H and O–H groups in total. The number of alkyl halides is 1. The number of anilines is 1. The van der Waals surface area contributed by atoms with Crippen LogP contribution < -0.4 is 4.90 Å². The molecule has 0 atom stereocenters. The van der Waals surface area contributed by atoms with Crippen molar-refractivity contribution in [3.8, 4) is 0 Å². The van der Waals surface area contributed by atoms with Crippen LogP contribution in [0.3, 0.4) is 0 Å². The van der Waals surface area contributed by atoms with Crippen LogP contribution in [0.25, 0.3) is 5.57 Å². The van der Waals surface area contributed by atoms with Crippen LogP contribution >= 0.6 is 11.6 Å². The third-order valence-corrected chi connectivity index (χ3v) is 5.70. The molecule has 0 radical (unpaired) electrons. The van der Waals surface area contributed by atoms with Gasteiger partial charge in [0.15, 0.2) is 0 Å². The monoisotopic (exact) mass is 419 g/mol. The maximum Gasteiger partial charge on any atom is 0.139 e. The summed E-state index contributed by atoms with van der Waals surface area (Å²) >= 11 is 6.29. The van der Waals surface area contributed by atoms with E-state index >= 15 is 0 Å². The van der Waals surface area contributed by atoms with Crippen molar-refractivity contribution in [2.24, 2.45) is 4.99 Å². The lowest BCUT2D eigenvalue weighted by atomic mass is 9.94. The smallest absolute Gasteiger partial charge is 0.139 e. The van der Waals surface area contributed by atoms with Gasteiger partial charge in [0.05, 0.1) is 22.9 Å². The van der Waals surface area contributed by atoms with E-state index in [1.54, 1.807) is 6.33 Å². The number of nitrogens with zero attached hydrogens (tertiary/aromatic N) is 5. The van der Waals surface area contributed by atoms with Gasteiger partial charge < -0.3 is 9.80 Å². The standard InChI is InChI=1S/C23H38ClN5/c1-8-10-20(17(3)9-2)21-18(4)26-16-27-22(21)29-13-11-28(12-14-29)19(5)25-15-23(6,7)24/h16H,8-15H2,1-7H3/b20-17+,25-19?. The van der Waals surface area contributed by atoms with Crippen LogP contribution in [0.15, 0.2) is 16.9 Å². The second-order valence-electron chi connectivity index (χ2n) is 8.58. The van der Waals surface area contributed by atoms with Gasteiger partial charge in [-0.25, -0.2) is 9.97 Å². The Morgan fingerprint density at radius 3 is 2.34 bits per heavy atom. The average molecular weight is 420 g/mol. The van der Waals surface area contributed by atoms with Crippen molar-refractivity contribution in [1.29, 1.82) is 0 Å². The molecule has 1 saturated heterocycles. The number of halogens is 1. The Morgan fingerprint density at radius 2 is 1.79 bits per heavy atom. The predicted molar refractivity (Wildman–Crippen MR) is 126 cm³/mol. The van der Waals surface area contributed by atoms with Gasteiger partial charge in [-0.3, -0.25) is 4.99 Å². The summed E-state index contributed by atoms with van der Waals surface area (Å²) in [5, 5.41) is 0. The first-order valence-corrected chi connectivity index (χ1v) is 11.3. The van der Waals surface area contributed by atoms with E-state index in [-0.39, 0.29) is 4.87 Å². The van der Waals surface area contributed by atoms with Crippen LogP contribution in [0.1, 0.15) is 72.1 Å². The summed E-state index contributed by atoms with van der Waals surface area (Å²) in [4.78, 5) is 18.4. The van der Waals surface area contributed by atoms with Crippen molar-refractivity contribution in [2.45, 2.75) is 72.6 Å². The number of rotatable bonds is 7. The molecule has 5 nitrogen and oxygen atoms in total. The van der Waals surface area contributed by atoms with Gasteiger partial charge in [-0.2, -0.15) is 0 Å². The van der Waals surface area contributed by atoms with E-state index in [1.807, 2.05) is 13.8 Å². The molecule has 6 heteroatoms. The minimum absolute atomic E-state index is 0.296. The fourth-order valence-corrected chi connectivity index (χ4v) is 3.77. The molecule has 0 aliphatic carbocycles. The van der Waals surface area contributed by atoms with E-state index in [0.29, 0.717) is 6.54 Å². The summed E-state index contributed by atoms with van der Waals surface area (Å²) in [5.74, 6) is 2.16. The third kappa shape index (κ3) is 6.43. The van der Waals surface area contributed by atoms with Crippen molar-refractivity contribution >= 4 is 28.8 Å². The van der Waals surface area contributed by atoms with E-state index in [9.17, 15) is 0 Å². The van der Waals surface area contributed by atoms with E-state index < -0.39 is 0 Å². The molecule has 1 fully saturated rings. The molecular formula is C23H38ClN5. The van der Waals surface area contributed by atoms with Crippen LogP contribution in [0.5, 0.6) is 0 Å². The molecule has 162 valence electrons. The predicted octanol–water partition coefficient (Wildman–Crippen LogP) is 5.33. The average Bonchev–Trinajstić information content (AvgIpc) is 2.69. The molecule has 0 bridgehead atoms. The quantitative estimate of drug-likeness (QED) is 0.340. The number of aliphatic imine (C=N–C) groups is 1. The van der Waals surface area contributed by atoms with Crippen molar-refractivity contribution in [3.63, 3.8) is 0 Å². The number of aromatic nitrogens is 2.